The monoisotopic (exact) mass is 391 g/mol. The van der Waals surface area contributed by atoms with Crippen LogP contribution >= 0.6 is 38.9 Å². The van der Waals surface area contributed by atoms with E-state index < -0.39 is 10.0 Å². The fraction of sp³-hybridized carbons (Fsp3) is 0.0909. The van der Waals surface area contributed by atoms with Gasteiger partial charge in [-0.2, -0.15) is 5.26 Å². The van der Waals surface area contributed by atoms with Crippen molar-refractivity contribution >= 4 is 54.6 Å². The maximum Gasteiger partial charge on any atom is 0.273 e. The number of thiazole rings is 1. The van der Waals surface area contributed by atoms with E-state index in [1.54, 1.807) is 6.92 Å². The van der Waals surface area contributed by atoms with Gasteiger partial charge in [-0.3, -0.25) is 4.72 Å². The van der Waals surface area contributed by atoms with Gasteiger partial charge < -0.3 is 0 Å². The Morgan fingerprint density at radius 1 is 1.50 bits per heavy atom. The third-order valence-corrected chi connectivity index (χ3v) is 6.21. The largest absolute Gasteiger partial charge is 0.278 e. The van der Waals surface area contributed by atoms with E-state index in [1.165, 1.54) is 18.2 Å². The molecule has 104 valence electrons. The second-order valence-corrected chi connectivity index (χ2v) is 8.06. The second kappa shape index (κ2) is 5.69. The van der Waals surface area contributed by atoms with Gasteiger partial charge in [0.2, 0.25) is 0 Å². The zero-order valence-electron chi connectivity index (χ0n) is 10.0. The number of aromatic nitrogens is 1. The van der Waals surface area contributed by atoms with Crippen LogP contribution in [-0.2, 0) is 10.0 Å². The molecular weight excluding hydrogens is 386 g/mol. The van der Waals surface area contributed by atoms with E-state index in [2.05, 4.69) is 25.6 Å². The number of nitrogens with one attached hydrogen (secondary N) is 1. The molecule has 0 bridgehead atoms. The third kappa shape index (κ3) is 3.12. The number of nitrogens with zero attached hydrogens (tertiary/aromatic N) is 2. The van der Waals surface area contributed by atoms with E-state index in [4.69, 9.17) is 16.9 Å². The van der Waals surface area contributed by atoms with Crippen LogP contribution in [0, 0.1) is 18.3 Å². The molecular formula is C11H7BrClN3O2S2. The predicted octanol–water partition coefficient (Wildman–Crippen LogP) is 3.54. The summed E-state index contributed by atoms with van der Waals surface area (Å²) in [5.74, 6) is 0. The van der Waals surface area contributed by atoms with Crippen molar-refractivity contribution in [2.75, 3.05) is 4.72 Å². The molecule has 0 saturated carbocycles. The van der Waals surface area contributed by atoms with Crippen LogP contribution in [-0.4, -0.2) is 13.4 Å². The minimum absolute atomic E-state index is 0.0683. The summed E-state index contributed by atoms with van der Waals surface area (Å²) >= 11 is 9.83. The van der Waals surface area contributed by atoms with Gasteiger partial charge in [0.15, 0.2) is 8.68 Å². The highest BCUT2D eigenvalue weighted by Gasteiger charge is 2.22. The molecule has 0 radical (unpaired) electrons. The Morgan fingerprint density at radius 2 is 2.20 bits per heavy atom. The highest BCUT2D eigenvalue weighted by Crippen LogP contribution is 2.31. The van der Waals surface area contributed by atoms with E-state index in [-0.39, 0.29) is 8.68 Å². The molecule has 0 aliphatic carbocycles. The first-order valence-corrected chi connectivity index (χ1v) is 8.66. The molecule has 1 aromatic carbocycles. The van der Waals surface area contributed by atoms with Gasteiger partial charge in [0.25, 0.3) is 10.0 Å². The molecule has 0 amide bonds. The van der Waals surface area contributed by atoms with Crippen molar-refractivity contribution in [3.8, 4) is 6.07 Å². The molecule has 1 aromatic heterocycles. The lowest BCUT2D eigenvalue weighted by Crippen LogP contribution is -2.13. The number of halogens is 2. The van der Waals surface area contributed by atoms with Gasteiger partial charge in [0.05, 0.1) is 23.0 Å². The summed E-state index contributed by atoms with van der Waals surface area (Å²) in [6, 6.07) is 6.54. The van der Waals surface area contributed by atoms with E-state index in [0.717, 1.165) is 11.3 Å². The zero-order chi connectivity index (χ0) is 14.9. The molecule has 0 fully saturated rings. The summed E-state index contributed by atoms with van der Waals surface area (Å²) < 4.78 is 27.7. The highest BCUT2D eigenvalue weighted by molar-refractivity contribution is 9.10. The molecule has 9 heteroatoms. The maximum atomic E-state index is 12.3. The Bertz CT molecular complexity index is 812. The van der Waals surface area contributed by atoms with E-state index in [0.29, 0.717) is 21.4 Å². The molecule has 1 heterocycles. The standard InChI is InChI=1S/C11H7BrClN3O2S2/c1-6-10(19-11(13)15-6)20(17,18)16-9-3-2-7(5-14)4-8(9)12/h2-4,16H,1H3. The van der Waals surface area contributed by atoms with Crippen LogP contribution in [0.4, 0.5) is 5.69 Å². The summed E-state index contributed by atoms with van der Waals surface area (Å²) in [5, 5.41) is 8.77. The lowest BCUT2D eigenvalue weighted by molar-refractivity contribution is 0.602. The van der Waals surface area contributed by atoms with Crippen molar-refractivity contribution in [1.82, 2.24) is 4.98 Å². The SMILES string of the molecule is Cc1nc(Cl)sc1S(=O)(=O)Nc1ccc(C#N)cc1Br. The van der Waals surface area contributed by atoms with Crippen molar-refractivity contribution in [1.29, 1.82) is 5.26 Å². The van der Waals surface area contributed by atoms with Crippen molar-refractivity contribution in [3.63, 3.8) is 0 Å². The van der Waals surface area contributed by atoms with Gasteiger partial charge in [0, 0.05) is 4.47 Å². The topological polar surface area (TPSA) is 82.8 Å². The van der Waals surface area contributed by atoms with Gasteiger partial charge in [-0.1, -0.05) is 22.9 Å². The summed E-state index contributed by atoms with van der Waals surface area (Å²) in [6.45, 7) is 1.57. The average molecular weight is 393 g/mol. The van der Waals surface area contributed by atoms with Crippen LogP contribution in [0.3, 0.4) is 0 Å². The molecule has 2 rings (SSSR count). The van der Waals surface area contributed by atoms with Crippen molar-refractivity contribution in [2.45, 2.75) is 11.1 Å². The Hall–Kier alpha value is -1.14. The number of benzene rings is 1. The number of rotatable bonds is 3. The van der Waals surface area contributed by atoms with E-state index >= 15 is 0 Å². The van der Waals surface area contributed by atoms with Crippen molar-refractivity contribution in [3.05, 3.63) is 38.4 Å². The Kier molecular flexibility index (Phi) is 4.34. The first-order valence-electron chi connectivity index (χ1n) is 5.19. The quantitative estimate of drug-likeness (QED) is 0.866. The number of hydrogen-bond acceptors (Lipinski definition) is 5. The van der Waals surface area contributed by atoms with Crippen molar-refractivity contribution < 1.29 is 8.42 Å². The minimum Gasteiger partial charge on any atom is -0.278 e. The van der Waals surface area contributed by atoms with Gasteiger partial charge >= 0.3 is 0 Å². The fourth-order valence-corrected chi connectivity index (χ4v) is 4.89. The minimum atomic E-state index is -3.76. The number of hydrogen-bond donors (Lipinski definition) is 1. The zero-order valence-corrected chi connectivity index (χ0v) is 14.0. The van der Waals surface area contributed by atoms with Gasteiger partial charge in [-0.15, -0.1) is 0 Å². The van der Waals surface area contributed by atoms with Crippen LogP contribution in [0.2, 0.25) is 4.47 Å². The van der Waals surface area contributed by atoms with E-state index in [1.807, 2.05) is 6.07 Å². The van der Waals surface area contributed by atoms with Crippen molar-refractivity contribution in [2.24, 2.45) is 0 Å². The summed E-state index contributed by atoms with van der Waals surface area (Å²) in [4.78, 5) is 3.88. The van der Waals surface area contributed by atoms with Crippen LogP contribution in [0.25, 0.3) is 0 Å². The molecule has 2 aromatic rings. The molecule has 0 unspecified atom stereocenters. The summed E-state index contributed by atoms with van der Waals surface area (Å²) in [6.07, 6.45) is 0. The number of aryl methyl sites for hydroxylation is 1. The third-order valence-electron chi connectivity index (χ3n) is 2.31. The molecule has 0 aliphatic heterocycles. The molecule has 0 saturated heterocycles. The Labute approximate surface area is 133 Å². The summed E-state index contributed by atoms with van der Waals surface area (Å²) in [5.41, 5.74) is 1.11. The molecule has 0 aliphatic rings. The summed E-state index contributed by atoms with van der Waals surface area (Å²) in [7, 11) is -3.76. The second-order valence-electron chi connectivity index (χ2n) is 3.75. The number of sulfonamides is 1. The molecule has 5 nitrogen and oxygen atoms in total. The highest BCUT2D eigenvalue weighted by atomic mass is 79.9. The number of anilines is 1. The lowest BCUT2D eigenvalue weighted by atomic mass is 10.2. The first kappa shape index (κ1) is 15.3. The van der Waals surface area contributed by atoms with Gasteiger partial charge in [-0.05, 0) is 41.1 Å². The smallest absolute Gasteiger partial charge is 0.273 e. The number of nitriles is 1. The molecule has 0 spiro atoms. The van der Waals surface area contributed by atoms with Crippen LogP contribution < -0.4 is 4.72 Å². The first-order chi connectivity index (χ1) is 9.33. The van der Waals surface area contributed by atoms with Gasteiger partial charge in [0.1, 0.15) is 0 Å². The molecule has 20 heavy (non-hydrogen) atoms. The Morgan fingerprint density at radius 3 is 2.70 bits per heavy atom. The van der Waals surface area contributed by atoms with Crippen LogP contribution in [0.1, 0.15) is 11.3 Å². The van der Waals surface area contributed by atoms with Crippen LogP contribution in [0.15, 0.2) is 26.9 Å². The van der Waals surface area contributed by atoms with E-state index in [9.17, 15) is 8.42 Å². The predicted molar refractivity (Wildman–Crippen MR) is 81.5 cm³/mol. The lowest BCUT2D eigenvalue weighted by Gasteiger charge is -2.08. The maximum absolute atomic E-state index is 12.3. The van der Waals surface area contributed by atoms with Crippen LogP contribution in [0.5, 0.6) is 0 Å². The Balaban J connectivity index is 2.39. The molecule has 1 N–H and O–H groups in total. The fourth-order valence-electron chi connectivity index (χ4n) is 1.46. The normalized spacial score (nSPS) is 11.1. The van der Waals surface area contributed by atoms with Gasteiger partial charge in [-0.25, -0.2) is 13.4 Å². The average Bonchev–Trinajstić information content (AvgIpc) is 2.71. The molecule has 0 atom stereocenters.